The molecule has 4 rings (SSSR count). The number of hydrogen-bond donors (Lipinski definition) is 0. The van der Waals surface area contributed by atoms with Crippen LogP contribution in [-0.2, 0) is 47.1 Å². The molecule has 0 bridgehead atoms. The van der Waals surface area contributed by atoms with E-state index in [1.54, 1.807) is 21.3 Å². The summed E-state index contributed by atoms with van der Waals surface area (Å²) >= 11 is 0. The molecule has 0 radical (unpaired) electrons. The molecule has 0 N–H and O–H groups in total. The number of cyclic esters (lactones) is 1. The molecular weight excluding hydrogens is 873 g/mol. The quantitative estimate of drug-likeness (QED) is 0.0214. The van der Waals surface area contributed by atoms with E-state index < -0.39 is 8.32 Å². The molecule has 2 aliphatic rings. The van der Waals surface area contributed by atoms with Gasteiger partial charge in [-0.05, 0) is 79.8 Å². The lowest BCUT2D eigenvalue weighted by atomic mass is 9.92. The molecule has 1 fully saturated rings. The number of benzene rings is 2. The van der Waals surface area contributed by atoms with E-state index in [1.807, 2.05) is 13.0 Å². The summed E-state index contributed by atoms with van der Waals surface area (Å²) in [6.07, 6.45) is 28.5. The highest BCUT2D eigenvalue weighted by atomic mass is 28.4. The minimum Gasteiger partial charge on any atom is -0.455 e. The molecule has 2 heterocycles. The van der Waals surface area contributed by atoms with Crippen LogP contribution in [0.2, 0.25) is 5.04 Å². The molecule has 0 saturated carbocycles. The number of unbranched alkanes of at least 4 members (excludes halogenated alkanes) is 10. The molecule has 0 aliphatic carbocycles. The van der Waals surface area contributed by atoms with Crippen LogP contribution in [0, 0.1) is 0 Å². The fraction of sp³-hybridized carbons (Fsp3) is 0.702. The van der Waals surface area contributed by atoms with Crippen LogP contribution in [0.1, 0.15) is 169 Å². The van der Waals surface area contributed by atoms with Crippen LogP contribution in [0.15, 0.2) is 84.5 Å². The number of carbonyl (C=O) groups excluding carboxylic acids is 1. The highest BCUT2D eigenvalue weighted by molar-refractivity contribution is 6.99. The first-order valence-electron chi connectivity index (χ1n) is 26.4. The molecule has 0 aromatic heterocycles. The van der Waals surface area contributed by atoms with Crippen LogP contribution in [0.25, 0.3) is 0 Å². The largest absolute Gasteiger partial charge is 0.455 e. The Bertz CT molecular complexity index is 1630. The van der Waals surface area contributed by atoms with E-state index in [-0.39, 0.29) is 74.1 Å². The van der Waals surface area contributed by atoms with Crippen LogP contribution < -0.4 is 10.4 Å². The van der Waals surface area contributed by atoms with Crippen LogP contribution in [-0.4, -0.2) is 98.7 Å². The van der Waals surface area contributed by atoms with Crippen molar-refractivity contribution in [3.63, 3.8) is 0 Å². The number of esters is 1. The summed E-state index contributed by atoms with van der Waals surface area (Å²) in [7, 11) is 2.17. The Balaban J connectivity index is 1.34. The van der Waals surface area contributed by atoms with Gasteiger partial charge < -0.3 is 42.3 Å². The Hall–Kier alpha value is -2.71. The van der Waals surface area contributed by atoms with Gasteiger partial charge in [-0.1, -0.05) is 178 Å². The molecule has 2 aromatic carbocycles. The maximum atomic E-state index is 13.0. The molecule has 7 atom stereocenters. The van der Waals surface area contributed by atoms with Crippen molar-refractivity contribution in [2.45, 2.75) is 217 Å². The second-order valence-corrected chi connectivity index (χ2v) is 24.4. The summed E-state index contributed by atoms with van der Waals surface area (Å²) in [5, 5.41) is 2.26. The van der Waals surface area contributed by atoms with Gasteiger partial charge in [-0.15, -0.1) is 0 Å². The van der Waals surface area contributed by atoms with Crippen LogP contribution in [0.5, 0.6) is 0 Å². The highest BCUT2D eigenvalue weighted by Crippen LogP contribution is 2.39. The summed E-state index contributed by atoms with van der Waals surface area (Å²) in [6.45, 7) is 11.8. The van der Waals surface area contributed by atoms with Crippen molar-refractivity contribution >= 4 is 24.7 Å². The predicted octanol–water partition coefficient (Wildman–Crippen LogP) is 12.3. The van der Waals surface area contributed by atoms with E-state index in [0.717, 1.165) is 70.6 Å². The van der Waals surface area contributed by atoms with E-state index in [4.69, 9.17) is 42.3 Å². The van der Waals surface area contributed by atoms with Crippen molar-refractivity contribution in [1.82, 2.24) is 0 Å². The number of hydrogen-bond acceptors (Lipinski definition) is 10. The molecule has 0 spiro atoms. The Morgan fingerprint density at radius 1 is 0.706 bits per heavy atom. The first-order valence-corrected chi connectivity index (χ1v) is 28.3. The zero-order chi connectivity index (χ0) is 48.9. The van der Waals surface area contributed by atoms with Gasteiger partial charge in [-0.25, -0.2) is 4.79 Å². The standard InChI is InChI=1S/C57H92O10Si/c1-9-10-11-12-13-14-15-16-17-27-38-54-53(64-45-61-8)39-40-55(66-54)52(63-44-60-7)37-29-28-31-48(62-43-59-6)30-21-18-22-32-49(42-47-41-46(2)65-56(47)58)67-68(57(3,4)5,50-33-23-19-24-34-50)51-35-25-20-26-36-51/h18-21,23-26,33-36,41,46,48-49,52-55H,9-17,22,27-32,37-40,42-45H2,1-8H3/b21-18+/t46-,48+,49+,52+,53+,54+,55+/m0/s1. The molecular formula is C57H92O10Si. The Kier molecular flexibility index (Phi) is 28.1. The average molecular weight is 965 g/mol. The third kappa shape index (κ3) is 19.8. The molecule has 11 heteroatoms. The fourth-order valence-electron chi connectivity index (χ4n) is 10.1. The molecule has 68 heavy (non-hydrogen) atoms. The van der Waals surface area contributed by atoms with Gasteiger partial charge in [0.05, 0.1) is 36.6 Å². The summed E-state index contributed by atoms with van der Waals surface area (Å²) in [4.78, 5) is 13.0. The topological polar surface area (TPSA) is 100 Å². The first kappa shape index (κ1) is 57.9. The van der Waals surface area contributed by atoms with Crippen molar-refractivity contribution in [1.29, 1.82) is 0 Å². The normalized spacial score (nSPS) is 20.4. The van der Waals surface area contributed by atoms with Crippen LogP contribution >= 0.6 is 0 Å². The summed E-state index contributed by atoms with van der Waals surface area (Å²) in [6, 6.07) is 21.4. The second kappa shape index (κ2) is 33.0. The minimum absolute atomic E-state index is 0.00689. The maximum Gasteiger partial charge on any atom is 0.334 e. The SMILES string of the molecule is CCCCCCCCCCCC[C@H]1O[C@@H]([C@@H](CCCC[C@@H](C/C=C/CC[C@H](CC2=C[C@H](C)OC2=O)O[Si](c2ccccc2)(c2ccccc2)C(C)(C)C)OCOC)OCOC)CC[C@H]1OCOC. The van der Waals surface area contributed by atoms with E-state index in [9.17, 15) is 4.79 Å². The van der Waals surface area contributed by atoms with Gasteiger partial charge in [0.2, 0.25) is 0 Å². The summed E-state index contributed by atoms with van der Waals surface area (Å²) < 4.78 is 54.8. The molecule has 10 nitrogen and oxygen atoms in total. The number of allylic oxidation sites excluding steroid dienone is 1. The van der Waals surface area contributed by atoms with Crippen molar-refractivity contribution < 1.29 is 47.1 Å². The molecule has 0 unspecified atom stereocenters. The van der Waals surface area contributed by atoms with Gasteiger partial charge in [0.25, 0.3) is 8.32 Å². The van der Waals surface area contributed by atoms with Crippen molar-refractivity contribution in [3.8, 4) is 0 Å². The Morgan fingerprint density at radius 3 is 1.90 bits per heavy atom. The van der Waals surface area contributed by atoms with E-state index in [0.29, 0.717) is 12.0 Å². The smallest absolute Gasteiger partial charge is 0.334 e. The molecule has 384 valence electrons. The van der Waals surface area contributed by atoms with Crippen LogP contribution in [0.3, 0.4) is 0 Å². The third-order valence-electron chi connectivity index (χ3n) is 13.7. The molecule has 0 amide bonds. The van der Waals surface area contributed by atoms with Gasteiger partial charge in [0, 0.05) is 33.3 Å². The van der Waals surface area contributed by atoms with Gasteiger partial charge >= 0.3 is 5.97 Å². The number of ether oxygens (including phenoxy) is 8. The zero-order valence-corrected chi connectivity index (χ0v) is 44.6. The van der Waals surface area contributed by atoms with Gasteiger partial charge in [0.1, 0.15) is 26.5 Å². The van der Waals surface area contributed by atoms with Crippen molar-refractivity contribution in [2.75, 3.05) is 41.7 Å². The van der Waals surface area contributed by atoms with Gasteiger partial charge in [-0.3, -0.25) is 0 Å². The van der Waals surface area contributed by atoms with E-state index >= 15 is 0 Å². The third-order valence-corrected chi connectivity index (χ3v) is 18.8. The van der Waals surface area contributed by atoms with Crippen LogP contribution in [0.4, 0.5) is 0 Å². The maximum absolute atomic E-state index is 13.0. The van der Waals surface area contributed by atoms with E-state index in [1.165, 1.54) is 68.2 Å². The minimum atomic E-state index is -2.87. The highest BCUT2D eigenvalue weighted by Gasteiger charge is 2.51. The molecule has 2 aliphatic heterocycles. The average Bonchev–Trinajstić information content (AvgIpc) is 3.66. The Labute approximate surface area is 413 Å². The summed E-state index contributed by atoms with van der Waals surface area (Å²) in [5.74, 6) is -0.241. The predicted molar refractivity (Wildman–Crippen MR) is 277 cm³/mol. The van der Waals surface area contributed by atoms with E-state index in [2.05, 4.69) is 101 Å². The van der Waals surface area contributed by atoms with Crippen molar-refractivity contribution in [2.24, 2.45) is 0 Å². The monoisotopic (exact) mass is 965 g/mol. The number of carbonyl (C=O) groups is 1. The lowest BCUT2D eigenvalue weighted by Gasteiger charge is -2.45. The zero-order valence-electron chi connectivity index (χ0n) is 43.6. The molecule has 1 saturated heterocycles. The Morgan fingerprint density at radius 2 is 1.31 bits per heavy atom. The lowest BCUT2D eigenvalue weighted by molar-refractivity contribution is -0.209. The number of methoxy groups -OCH3 is 3. The van der Waals surface area contributed by atoms with Crippen molar-refractivity contribution in [3.05, 3.63) is 84.5 Å². The lowest BCUT2D eigenvalue weighted by Crippen LogP contribution is -2.67. The number of rotatable bonds is 37. The fourth-order valence-corrected chi connectivity index (χ4v) is 14.8. The van der Waals surface area contributed by atoms with Gasteiger partial charge in [-0.2, -0.15) is 0 Å². The summed E-state index contributed by atoms with van der Waals surface area (Å²) in [5.41, 5.74) is 0.701. The first-order chi connectivity index (χ1) is 33.1. The van der Waals surface area contributed by atoms with Gasteiger partial charge in [0.15, 0.2) is 0 Å². The molecule has 2 aromatic rings. The second-order valence-electron chi connectivity index (χ2n) is 20.2.